The fraction of sp³-hybridized carbons (Fsp3) is 0.636. The zero-order valence-electron chi connectivity index (χ0n) is 10.4. The Morgan fingerprint density at radius 3 is 2.67 bits per heavy atom. The number of halogens is 1. The van der Waals surface area contributed by atoms with E-state index in [1.807, 2.05) is 13.8 Å². The van der Waals surface area contributed by atoms with Crippen molar-refractivity contribution < 1.29 is 8.42 Å². The van der Waals surface area contributed by atoms with Crippen molar-refractivity contribution in [1.29, 1.82) is 0 Å². The van der Waals surface area contributed by atoms with Crippen LogP contribution in [0.3, 0.4) is 0 Å². The van der Waals surface area contributed by atoms with Gasteiger partial charge < -0.3 is 5.73 Å². The van der Waals surface area contributed by atoms with E-state index in [0.29, 0.717) is 23.2 Å². The highest BCUT2D eigenvalue weighted by Crippen LogP contribution is 2.33. The summed E-state index contributed by atoms with van der Waals surface area (Å²) >= 11 is 4.63. The third-order valence-electron chi connectivity index (χ3n) is 3.09. The van der Waals surface area contributed by atoms with Crippen molar-refractivity contribution in [3.63, 3.8) is 0 Å². The molecule has 2 N–H and O–H groups in total. The molecule has 0 amide bonds. The quantitative estimate of drug-likeness (QED) is 0.886. The number of rotatable bonds is 2. The summed E-state index contributed by atoms with van der Waals surface area (Å²) in [5.74, 6) is 0.313. The topological polar surface area (TPSA) is 63.4 Å². The molecule has 2 unspecified atom stereocenters. The van der Waals surface area contributed by atoms with Crippen molar-refractivity contribution in [3.05, 3.63) is 15.4 Å². The number of sulfonamides is 1. The van der Waals surface area contributed by atoms with Crippen molar-refractivity contribution in [2.45, 2.75) is 30.5 Å². The van der Waals surface area contributed by atoms with Gasteiger partial charge in [-0.15, -0.1) is 11.3 Å². The van der Waals surface area contributed by atoms with Crippen LogP contribution < -0.4 is 5.73 Å². The highest BCUT2D eigenvalue weighted by Gasteiger charge is 2.33. The molecule has 0 radical (unpaired) electrons. The summed E-state index contributed by atoms with van der Waals surface area (Å²) in [5, 5.41) is 0. The summed E-state index contributed by atoms with van der Waals surface area (Å²) in [7, 11) is -3.39. The molecule has 102 valence electrons. The van der Waals surface area contributed by atoms with Gasteiger partial charge in [0.25, 0.3) is 10.0 Å². The molecule has 0 spiro atoms. The normalized spacial score (nSPS) is 26.4. The summed E-state index contributed by atoms with van der Waals surface area (Å²) in [4.78, 5) is 0. The van der Waals surface area contributed by atoms with Gasteiger partial charge in [0, 0.05) is 19.1 Å². The Kier molecular flexibility index (Phi) is 4.18. The van der Waals surface area contributed by atoms with E-state index in [1.165, 1.54) is 15.6 Å². The molecule has 1 aliphatic heterocycles. The average Bonchev–Trinajstić information content (AvgIpc) is 2.58. The Balaban J connectivity index is 2.30. The van der Waals surface area contributed by atoms with Crippen molar-refractivity contribution in [2.24, 2.45) is 11.7 Å². The molecule has 1 aliphatic rings. The molecule has 1 fully saturated rings. The van der Waals surface area contributed by atoms with E-state index in [4.69, 9.17) is 5.73 Å². The van der Waals surface area contributed by atoms with Gasteiger partial charge in [-0.3, -0.25) is 0 Å². The van der Waals surface area contributed by atoms with Crippen molar-refractivity contribution in [3.8, 4) is 0 Å². The Bertz CT molecular complexity index is 512. The van der Waals surface area contributed by atoms with Crippen LogP contribution in [0.1, 0.15) is 18.9 Å². The minimum absolute atomic E-state index is 0.0620. The van der Waals surface area contributed by atoms with E-state index in [2.05, 4.69) is 15.9 Å². The van der Waals surface area contributed by atoms with Crippen LogP contribution in [-0.4, -0.2) is 31.9 Å². The molecule has 0 aliphatic carbocycles. The molecule has 1 saturated heterocycles. The number of aryl methyl sites for hydroxylation is 1. The van der Waals surface area contributed by atoms with Crippen LogP contribution in [0, 0.1) is 12.8 Å². The zero-order valence-corrected chi connectivity index (χ0v) is 13.6. The number of piperidine rings is 1. The second kappa shape index (κ2) is 5.20. The average molecular weight is 353 g/mol. The van der Waals surface area contributed by atoms with E-state index in [-0.39, 0.29) is 6.04 Å². The first-order valence-electron chi connectivity index (χ1n) is 5.82. The van der Waals surface area contributed by atoms with E-state index < -0.39 is 10.0 Å². The number of thiophene rings is 1. The molecule has 7 heteroatoms. The van der Waals surface area contributed by atoms with E-state index in [9.17, 15) is 8.42 Å². The molecule has 1 aromatic rings. The lowest BCUT2D eigenvalue weighted by molar-refractivity contribution is 0.255. The summed E-state index contributed by atoms with van der Waals surface area (Å²) in [5.41, 5.74) is 6.87. The number of nitrogens with two attached hydrogens (primary N) is 1. The first-order valence-corrected chi connectivity index (χ1v) is 8.87. The first-order chi connectivity index (χ1) is 8.30. The van der Waals surface area contributed by atoms with Crippen LogP contribution >= 0.6 is 27.3 Å². The fourth-order valence-electron chi connectivity index (χ4n) is 2.23. The molecule has 0 aromatic carbocycles. The summed E-state index contributed by atoms with van der Waals surface area (Å²) < 4.78 is 27.8. The standard InChI is InChI=1S/C11H17BrN2O2S2/c1-7-3-9(13)6-14(5-7)18(15,16)10-4-8(2)11(12)17-10/h4,7,9H,3,5-6,13H2,1-2H3. The molecule has 0 bridgehead atoms. The third kappa shape index (κ3) is 2.80. The van der Waals surface area contributed by atoms with Crippen LogP contribution in [0.15, 0.2) is 14.1 Å². The van der Waals surface area contributed by atoms with Crippen LogP contribution in [0.25, 0.3) is 0 Å². The number of hydrogen-bond donors (Lipinski definition) is 1. The highest BCUT2D eigenvalue weighted by molar-refractivity contribution is 9.11. The minimum Gasteiger partial charge on any atom is -0.326 e. The van der Waals surface area contributed by atoms with Crippen molar-refractivity contribution in [2.75, 3.05) is 13.1 Å². The second-order valence-corrected chi connectivity index (χ2v) is 9.48. The molecule has 2 rings (SSSR count). The van der Waals surface area contributed by atoms with Gasteiger partial charge in [0.2, 0.25) is 0 Å². The van der Waals surface area contributed by atoms with Crippen LogP contribution in [0.5, 0.6) is 0 Å². The van der Waals surface area contributed by atoms with Crippen LogP contribution in [0.4, 0.5) is 0 Å². The Labute approximate surface area is 120 Å². The summed E-state index contributed by atoms with van der Waals surface area (Å²) in [6.07, 6.45) is 0.888. The molecule has 0 saturated carbocycles. The monoisotopic (exact) mass is 352 g/mol. The smallest absolute Gasteiger partial charge is 0.252 e. The van der Waals surface area contributed by atoms with Crippen molar-refractivity contribution in [1.82, 2.24) is 4.31 Å². The van der Waals surface area contributed by atoms with Crippen LogP contribution in [-0.2, 0) is 10.0 Å². The van der Waals surface area contributed by atoms with Gasteiger partial charge in [-0.1, -0.05) is 6.92 Å². The third-order valence-corrected chi connectivity index (χ3v) is 7.50. The summed E-state index contributed by atoms with van der Waals surface area (Å²) in [6, 6.07) is 1.66. The Morgan fingerprint density at radius 2 is 2.17 bits per heavy atom. The first kappa shape index (κ1) is 14.5. The fourth-order valence-corrected chi connectivity index (χ4v) is 6.23. The Morgan fingerprint density at radius 1 is 1.50 bits per heavy atom. The Hall–Kier alpha value is 0.0500. The minimum atomic E-state index is -3.39. The molecular formula is C11H17BrN2O2S2. The number of hydrogen-bond acceptors (Lipinski definition) is 4. The maximum atomic E-state index is 12.5. The zero-order chi connectivity index (χ0) is 13.5. The molecule has 4 nitrogen and oxygen atoms in total. The maximum Gasteiger partial charge on any atom is 0.252 e. The molecule has 2 heterocycles. The predicted molar refractivity (Wildman–Crippen MR) is 77.3 cm³/mol. The SMILES string of the molecule is Cc1cc(S(=O)(=O)N2CC(C)CC(N)C2)sc1Br. The highest BCUT2D eigenvalue weighted by atomic mass is 79.9. The van der Waals surface area contributed by atoms with Crippen LogP contribution in [0.2, 0.25) is 0 Å². The summed E-state index contributed by atoms with van der Waals surface area (Å²) in [6.45, 7) is 4.91. The van der Waals surface area contributed by atoms with Gasteiger partial charge in [0.15, 0.2) is 0 Å². The van der Waals surface area contributed by atoms with Crippen molar-refractivity contribution >= 4 is 37.3 Å². The lowest BCUT2D eigenvalue weighted by atomic mass is 9.99. The maximum absolute atomic E-state index is 12.5. The molecule has 1 aromatic heterocycles. The predicted octanol–water partition coefficient (Wildman–Crippen LogP) is 2.18. The van der Waals surface area contributed by atoms with Gasteiger partial charge in [0.05, 0.1) is 3.79 Å². The van der Waals surface area contributed by atoms with E-state index in [1.54, 1.807) is 6.07 Å². The molecule has 2 atom stereocenters. The van der Waals surface area contributed by atoms with Gasteiger partial charge in [-0.05, 0) is 46.8 Å². The second-order valence-electron chi connectivity index (χ2n) is 4.95. The van der Waals surface area contributed by atoms with E-state index >= 15 is 0 Å². The molecular weight excluding hydrogens is 336 g/mol. The lowest BCUT2D eigenvalue weighted by Crippen LogP contribution is -2.48. The van der Waals surface area contributed by atoms with Gasteiger partial charge in [-0.25, -0.2) is 8.42 Å². The van der Waals surface area contributed by atoms with Gasteiger partial charge in [-0.2, -0.15) is 4.31 Å². The van der Waals surface area contributed by atoms with Gasteiger partial charge >= 0.3 is 0 Å². The molecule has 18 heavy (non-hydrogen) atoms. The van der Waals surface area contributed by atoms with Gasteiger partial charge in [0.1, 0.15) is 4.21 Å². The largest absolute Gasteiger partial charge is 0.326 e. The number of nitrogens with zero attached hydrogens (tertiary/aromatic N) is 1. The lowest BCUT2D eigenvalue weighted by Gasteiger charge is -2.33. The van der Waals surface area contributed by atoms with E-state index in [0.717, 1.165) is 15.8 Å².